The maximum atomic E-state index is 12.5. The molecule has 2 aromatic carbocycles. The third-order valence-corrected chi connectivity index (χ3v) is 5.38. The normalized spacial score (nSPS) is 16.3. The smallest absolute Gasteiger partial charge is 0.508 e. The van der Waals surface area contributed by atoms with Crippen LogP contribution < -0.4 is 15.0 Å². The standard InChI is InChI=1S/C22H28F3N3O2/c1-3-27(4-2)17-7-10-19(20(29)15-17)21(28-13-11-26-12-14-28)16-5-8-18(9-6-16)30-22(23,24)25/h5-10,15,21,26,29H,3-4,11-14H2,1-2H3/t21-/m0/s1. The highest BCUT2D eigenvalue weighted by Crippen LogP contribution is 2.37. The Morgan fingerprint density at radius 1 is 1.07 bits per heavy atom. The van der Waals surface area contributed by atoms with E-state index in [0.717, 1.165) is 56.1 Å². The number of alkyl halides is 3. The highest BCUT2D eigenvalue weighted by atomic mass is 19.4. The van der Waals surface area contributed by atoms with Crippen molar-refractivity contribution >= 4 is 5.69 Å². The third-order valence-electron chi connectivity index (χ3n) is 5.38. The molecule has 0 aromatic heterocycles. The molecule has 0 spiro atoms. The topological polar surface area (TPSA) is 48.0 Å². The number of hydrogen-bond acceptors (Lipinski definition) is 5. The van der Waals surface area contributed by atoms with E-state index < -0.39 is 6.36 Å². The van der Waals surface area contributed by atoms with Gasteiger partial charge in [-0.25, -0.2) is 0 Å². The second kappa shape index (κ2) is 9.57. The summed E-state index contributed by atoms with van der Waals surface area (Å²) in [5.41, 5.74) is 2.48. The van der Waals surface area contributed by atoms with Crippen LogP contribution in [0, 0.1) is 0 Å². The van der Waals surface area contributed by atoms with Gasteiger partial charge < -0.3 is 20.1 Å². The Morgan fingerprint density at radius 2 is 1.70 bits per heavy atom. The highest BCUT2D eigenvalue weighted by molar-refractivity contribution is 5.55. The molecule has 8 heteroatoms. The number of anilines is 1. The van der Waals surface area contributed by atoms with Crippen molar-refractivity contribution in [2.75, 3.05) is 44.2 Å². The lowest BCUT2D eigenvalue weighted by molar-refractivity contribution is -0.274. The SMILES string of the molecule is CCN(CC)c1ccc([C@H](c2ccc(OC(F)(F)F)cc2)N2CCNCC2)c(O)c1. The Kier molecular flexibility index (Phi) is 7.10. The first-order valence-corrected chi connectivity index (χ1v) is 10.2. The van der Waals surface area contributed by atoms with E-state index in [0.29, 0.717) is 0 Å². The molecule has 3 rings (SSSR count). The maximum absolute atomic E-state index is 12.5. The molecule has 1 aliphatic rings. The van der Waals surface area contributed by atoms with Crippen LogP contribution in [0.25, 0.3) is 0 Å². The monoisotopic (exact) mass is 423 g/mol. The number of nitrogens with one attached hydrogen (secondary N) is 1. The van der Waals surface area contributed by atoms with Gasteiger partial charge in [0.2, 0.25) is 0 Å². The van der Waals surface area contributed by atoms with E-state index >= 15 is 0 Å². The molecule has 2 aromatic rings. The Morgan fingerprint density at radius 3 is 2.23 bits per heavy atom. The molecule has 30 heavy (non-hydrogen) atoms. The number of benzene rings is 2. The molecule has 1 heterocycles. The lowest BCUT2D eigenvalue weighted by Gasteiger charge is -2.36. The summed E-state index contributed by atoms with van der Waals surface area (Å²) < 4.78 is 41.5. The van der Waals surface area contributed by atoms with Gasteiger partial charge in [-0.2, -0.15) is 0 Å². The highest BCUT2D eigenvalue weighted by Gasteiger charge is 2.31. The Hall–Kier alpha value is -2.45. The van der Waals surface area contributed by atoms with Gasteiger partial charge in [-0.3, -0.25) is 4.90 Å². The average Bonchev–Trinajstić information content (AvgIpc) is 2.71. The molecule has 0 amide bonds. The second-order valence-electron chi connectivity index (χ2n) is 7.22. The van der Waals surface area contributed by atoms with Gasteiger partial charge in [0.25, 0.3) is 0 Å². The number of rotatable bonds is 7. The zero-order valence-electron chi connectivity index (χ0n) is 17.2. The molecule has 1 aliphatic heterocycles. The van der Waals surface area contributed by atoms with Crippen molar-refractivity contribution in [1.82, 2.24) is 10.2 Å². The summed E-state index contributed by atoms with van der Waals surface area (Å²) in [6, 6.07) is 11.3. The third kappa shape index (κ3) is 5.37. The summed E-state index contributed by atoms with van der Waals surface area (Å²) in [6.07, 6.45) is -4.72. The minimum Gasteiger partial charge on any atom is -0.508 e. The molecular weight excluding hydrogens is 395 g/mol. The molecule has 1 fully saturated rings. The number of phenolic OH excluding ortho intramolecular Hbond substituents is 1. The van der Waals surface area contributed by atoms with Crippen LogP contribution >= 0.6 is 0 Å². The number of piperazine rings is 1. The Balaban J connectivity index is 1.95. The van der Waals surface area contributed by atoms with Gasteiger partial charge >= 0.3 is 6.36 Å². The molecule has 1 saturated heterocycles. The summed E-state index contributed by atoms with van der Waals surface area (Å²) in [4.78, 5) is 4.37. The Labute approximate surface area is 175 Å². The van der Waals surface area contributed by atoms with E-state index in [1.54, 1.807) is 18.2 Å². The van der Waals surface area contributed by atoms with Crippen LogP contribution in [-0.4, -0.2) is 55.6 Å². The minimum absolute atomic E-state index is 0.179. The quantitative estimate of drug-likeness (QED) is 0.701. The predicted molar refractivity (Wildman–Crippen MR) is 111 cm³/mol. The molecule has 1 atom stereocenters. The molecular formula is C22H28F3N3O2. The summed E-state index contributed by atoms with van der Waals surface area (Å²) in [5, 5.41) is 14.2. The van der Waals surface area contributed by atoms with Crippen LogP contribution in [-0.2, 0) is 0 Å². The molecule has 0 aliphatic carbocycles. The van der Waals surface area contributed by atoms with Crippen molar-refractivity contribution in [2.45, 2.75) is 26.3 Å². The lowest BCUT2D eigenvalue weighted by Crippen LogP contribution is -2.45. The first kappa shape index (κ1) is 22.2. The zero-order chi connectivity index (χ0) is 21.7. The number of aromatic hydroxyl groups is 1. The molecule has 0 saturated carbocycles. The predicted octanol–water partition coefficient (Wildman–Crippen LogP) is 4.13. The van der Waals surface area contributed by atoms with E-state index in [1.807, 2.05) is 12.1 Å². The first-order valence-electron chi connectivity index (χ1n) is 10.2. The van der Waals surface area contributed by atoms with Crippen molar-refractivity contribution in [2.24, 2.45) is 0 Å². The zero-order valence-corrected chi connectivity index (χ0v) is 17.2. The van der Waals surface area contributed by atoms with Gasteiger partial charge in [-0.1, -0.05) is 18.2 Å². The van der Waals surface area contributed by atoms with E-state index in [1.165, 1.54) is 12.1 Å². The summed E-state index contributed by atoms with van der Waals surface area (Å²) >= 11 is 0. The van der Waals surface area contributed by atoms with Crippen molar-refractivity contribution < 1.29 is 23.0 Å². The molecule has 2 N–H and O–H groups in total. The molecule has 164 valence electrons. The largest absolute Gasteiger partial charge is 0.573 e. The van der Waals surface area contributed by atoms with Gasteiger partial charge in [0.15, 0.2) is 0 Å². The van der Waals surface area contributed by atoms with Crippen molar-refractivity contribution in [3.8, 4) is 11.5 Å². The number of phenols is 1. The second-order valence-corrected chi connectivity index (χ2v) is 7.22. The summed E-state index contributed by atoms with van der Waals surface area (Å²) in [6.45, 7) is 8.93. The van der Waals surface area contributed by atoms with Crippen molar-refractivity contribution in [3.05, 3.63) is 53.6 Å². The fourth-order valence-corrected chi connectivity index (χ4v) is 3.93. The fraction of sp³-hybridized carbons (Fsp3) is 0.455. The lowest BCUT2D eigenvalue weighted by atomic mass is 9.95. The van der Waals surface area contributed by atoms with Gasteiger partial charge in [-0.15, -0.1) is 13.2 Å². The summed E-state index contributed by atoms with van der Waals surface area (Å²) in [5.74, 6) is -0.0787. The molecule has 0 unspecified atom stereocenters. The number of halogens is 3. The van der Waals surface area contributed by atoms with Crippen LogP contribution in [0.2, 0.25) is 0 Å². The Bertz CT molecular complexity index is 817. The van der Waals surface area contributed by atoms with Crippen LogP contribution in [0.3, 0.4) is 0 Å². The average molecular weight is 423 g/mol. The number of hydrogen-bond donors (Lipinski definition) is 2. The van der Waals surface area contributed by atoms with Gasteiger partial charge in [0.05, 0.1) is 6.04 Å². The van der Waals surface area contributed by atoms with Crippen LogP contribution in [0.1, 0.15) is 31.0 Å². The van der Waals surface area contributed by atoms with Crippen LogP contribution in [0.15, 0.2) is 42.5 Å². The van der Waals surface area contributed by atoms with Crippen molar-refractivity contribution in [3.63, 3.8) is 0 Å². The molecule has 5 nitrogen and oxygen atoms in total. The first-order chi connectivity index (χ1) is 14.3. The van der Waals surface area contributed by atoms with E-state index in [4.69, 9.17) is 0 Å². The van der Waals surface area contributed by atoms with Crippen LogP contribution in [0.5, 0.6) is 11.5 Å². The maximum Gasteiger partial charge on any atom is 0.573 e. The molecule has 0 bridgehead atoms. The van der Waals surface area contributed by atoms with Gasteiger partial charge in [0.1, 0.15) is 11.5 Å². The van der Waals surface area contributed by atoms with E-state index in [9.17, 15) is 18.3 Å². The van der Waals surface area contributed by atoms with Gasteiger partial charge in [0, 0.05) is 56.6 Å². The van der Waals surface area contributed by atoms with Gasteiger partial charge in [-0.05, 0) is 37.6 Å². The van der Waals surface area contributed by atoms with E-state index in [2.05, 4.69) is 33.7 Å². The van der Waals surface area contributed by atoms with E-state index in [-0.39, 0.29) is 17.5 Å². The number of nitrogens with zero attached hydrogens (tertiary/aromatic N) is 2. The van der Waals surface area contributed by atoms with Crippen LogP contribution in [0.4, 0.5) is 18.9 Å². The molecule has 0 radical (unpaired) electrons. The minimum atomic E-state index is -4.72. The fourth-order valence-electron chi connectivity index (χ4n) is 3.93. The number of ether oxygens (including phenoxy) is 1. The van der Waals surface area contributed by atoms with Crippen molar-refractivity contribution in [1.29, 1.82) is 0 Å². The summed E-state index contributed by atoms with van der Waals surface area (Å²) in [7, 11) is 0.